The highest BCUT2D eigenvalue weighted by atomic mass is 16.2. The van der Waals surface area contributed by atoms with Gasteiger partial charge < -0.3 is 16.0 Å². The Morgan fingerprint density at radius 1 is 1.29 bits per heavy atom. The SMILES string of the molecule is CCc1ccc(C(CC)(NC(=O)c2cnn3c2NCCC3C)C(=O)NC)cc1. The average molecular weight is 383 g/mol. The standard InChI is InChI=1S/C21H29N5O2/c1-5-15-7-9-16(10-8-15)21(6-2,20(28)22-4)25-19(27)17-13-24-26-14(3)11-12-23-18(17)26/h7-10,13-14,23H,5-6,11-12H2,1-4H3,(H,22,28)(H,25,27). The molecule has 0 radical (unpaired) electrons. The third kappa shape index (κ3) is 3.37. The number of amides is 2. The maximum atomic E-state index is 13.2. The molecule has 2 atom stereocenters. The van der Waals surface area contributed by atoms with Crippen LogP contribution in [-0.4, -0.2) is 35.2 Å². The summed E-state index contributed by atoms with van der Waals surface area (Å²) >= 11 is 0. The fourth-order valence-corrected chi connectivity index (χ4v) is 3.77. The molecule has 150 valence electrons. The molecule has 7 heteroatoms. The van der Waals surface area contributed by atoms with E-state index in [0.29, 0.717) is 17.8 Å². The summed E-state index contributed by atoms with van der Waals surface area (Å²) in [5.74, 6) is 0.155. The molecular formula is C21H29N5O2. The Hall–Kier alpha value is -2.83. The van der Waals surface area contributed by atoms with E-state index in [1.54, 1.807) is 13.2 Å². The van der Waals surface area contributed by atoms with E-state index in [0.717, 1.165) is 24.9 Å². The maximum Gasteiger partial charge on any atom is 0.257 e. The third-order valence-corrected chi connectivity index (χ3v) is 5.64. The monoisotopic (exact) mass is 383 g/mol. The summed E-state index contributed by atoms with van der Waals surface area (Å²) in [7, 11) is 1.59. The molecule has 0 fully saturated rings. The van der Waals surface area contributed by atoms with Gasteiger partial charge in [0.1, 0.15) is 16.9 Å². The van der Waals surface area contributed by atoms with E-state index in [-0.39, 0.29) is 17.9 Å². The van der Waals surface area contributed by atoms with Crippen molar-refractivity contribution in [1.29, 1.82) is 0 Å². The summed E-state index contributed by atoms with van der Waals surface area (Å²) < 4.78 is 1.84. The van der Waals surface area contributed by atoms with Gasteiger partial charge in [0.15, 0.2) is 0 Å². The van der Waals surface area contributed by atoms with E-state index in [4.69, 9.17) is 0 Å². The summed E-state index contributed by atoms with van der Waals surface area (Å²) in [6.45, 7) is 6.85. The van der Waals surface area contributed by atoms with Gasteiger partial charge in [-0.3, -0.25) is 9.59 Å². The van der Waals surface area contributed by atoms with Gasteiger partial charge in [-0.05, 0) is 37.3 Å². The number of anilines is 1. The van der Waals surface area contributed by atoms with Gasteiger partial charge in [-0.1, -0.05) is 38.1 Å². The molecule has 0 spiro atoms. The highest BCUT2D eigenvalue weighted by Crippen LogP contribution is 2.30. The van der Waals surface area contributed by atoms with Crippen LogP contribution in [-0.2, 0) is 16.8 Å². The van der Waals surface area contributed by atoms with Crippen LogP contribution in [0.4, 0.5) is 5.82 Å². The summed E-state index contributed by atoms with van der Waals surface area (Å²) in [5.41, 5.74) is 1.26. The van der Waals surface area contributed by atoms with Crippen molar-refractivity contribution >= 4 is 17.6 Å². The maximum absolute atomic E-state index is 13.2. The second kappa shape index (κ2) is 8.04. The smallest absolute Gasteiger partial charge is 0.257 e. The first kappa shape index (κ1) is 19.9. The lowest BCUT2D eigenvalue weighted by molar-refractivity contribution is -0.127. The number of aryl methyl sites for hydroxylation is 1. The second-order valence-corrected chi connectivity index (χ2v) is 7.26. The van der Waals surface area contributed by atoms with Crippen molar-refractivity contribution in [2.45, 2.75) is 51.6 Å². The fraction of sp³-hybridized carbons (Fsp3) is 0.476. The zero-order chi connectivity index (χ0) is 20.3. The molecule has 0 aliphatic carbocycles. The average Bonchev–Trinajstić information content (AvgIpc) is 3.17. The highest BCUT2D eigenvalue weighted by Gasteiger charge is 2.40. The number of carbonyl (C=O) groups is 2. The third-order valence-electron chi connectivity index (χ3n) is 5.64. The number of rotatable bonds is 6. The molecule has 3 N–H and O–H groups in total. The molecule has 2 unspecified atom stereocenters. The van der Waals surface area contributed by atoms with E-state index >= 15 is 0 Å². The Morgan fingerprint density at radius 2 is 2.00 bits per heavy atom. The summed E-state index contributed by atoms with van der Waals surface area (Å²) in [6.07, 6.45) is 3.87. The number of likely N-dealkylation sites (N-methyl/N-ethyl adjacent to an activating group) is 1. The molecule has 7 nitrogen and oxygen atoms in total. The van der Waals surface area contributed by atoms with Gasteiger partial charge in [0, 0.05) is 13.6 Å². The van der Waals surface area contributed by atoms with Crippen LogP contribution in [0.2, 0.25) is 0 Å². The van der Waals surface area contributed by atoms with Crippen molar-refractivity contribution in [2.75, 3.05) is 18.9 Å². The largest absolute Gasteiger partial charge is 0.370 e. The predicted octanol–water partition coefficient (Wildman–Crippen LogP) is 2.60. The van der Waals surface area contributed by atoms with Crippen LogP contribution in [0.1, 0.15) is 61.1 Å². The number of aromatic nitrogens is 2. The molecule has 0 bridgehead atoms. The Balaban J connectivity index is 1.98. The number of nitrogens with zero attached hydrogens (tertiary/aromatic N) is 2. The summed E-state index contributed by atoms with van der Waals surface area (Å²) in [5, 5.41) is 13.4. The van der Waals surface area contributed by atoms with Gasteiger partial charge in [-0.15, -0.1) is 0 Å². The van der Waals surface area contributed by atoms with Crippen molar-refractivity contribution in [1.82, 2.24) is 20.4 Å². The van der Waals surface area contributed by atoms with E-state index in [2.05, 4.69) is 34.9 Å². The van der Waals surface area contributed by atoms with Crippen molar-refractivity contribution in [2.24, 2.45) is 0 Å². The number of nitrogens with one attached hydrogen (secondary N) is 3. The number of hydrogen-bond donors (Lipinski definition) is 3. The molecule has 2 heterocycles. The van der Waals surface area contributed by atoms with E-state index < -0.39 is 5.54 Å². The Kier molecular flexibility index (Phi) is 5.72. The first-order valence-electron chi connectivity index (χ1n) is 9.92. The first-order valence-corrected chi connectivity index (χ1v) is 9.92. The minimum Gasteiger partial charge on any atom is -0.370 e. The van der Waals surface area contributed by atoms with E-state index in [1.807, 2.05) is 35.9 Å². The van der Waals surface area contributed by atoms with Crippen LogP contribution in [0.25, 0.3) is 0 Å². The summed E-state index contributed by atoms with van der Waals surface area (Å²) in [6, 6.07) is 8.08. The quantitative estimate of drug-likeness (QED) is 0.715. The van der Waals surface area contributed by atoms with Crippen molar-refractivity contribution < 1.29 is 9.59 Å². The molecular weight excluding hydrogens is 354 g/mol. The first-order chi connectivity index (χ1) is 13.5. The molecule has 0 saturated carbocycles. The van der Waals surface area contributed by atoms with Gasteiger partial charge in [0.05, 0.1) is 12.2 Å². The molecule has 1 aliphatic heterocycles. The number of fused-ring (bicyclic) bond motifs is 1. The number of hydrogen-bond acceptors (Lipinski definition) is 4. The van der Waals surface area contributed by atoms with Gasteiger partial charge in [-0.25, -0.2) is 4.68 Å². The molecule has 1 aliphatic rings. The van der Waals surface area contributed by atoms with Crippen molar-refractivity contribution in [3.63, 3.8) is 0 Å². The van der Waals surface area contributed by atoms with E-state index in [1.165, 1.54) is 5.56 Å². The van der Waals surface area contributed by atoms with Crippen molar-refractivity contribution in [3.05, 3.63) is 47.2 Å². The van der Waals surface area contributed by atoms with E-state index in [9.17, 15) is 9.59 Å². The van der Waals surface area contributed by atoms with Crippen LogP contribution in [0.3, 0.4) is 0 Å². The highest BCUT2D eigenvalue weighted by molar-refractivity contribution is 6.02. The normalized spacial score (nSPS) is 17.8. The number of benzene rings is 1. The summed E-state index contributed by atoms with van der Waals surface area (Å²) in [4.78, 5) is 26.1. The van der Waals surface area contributed by atoms with Crippen LogP contribution >= 0.6 is 0 Å². The van der Waals surface area contributed by atoms with Gasteiger partial charge in [0.2, 0.25) is 5.91 Å². The van der Waals surface area contributed by atoms with Crippen LogP contribution in [0.5, 0.6) is 0 Å². The molecule has 3 rings (SSSR count). The Labute approximate surface area is 165 Å². The van der Waals surface area contributed by atoms with Crippen LogP contribution < -0.4 is 16.0 Å². The van der Waals surface area contributed by atoms with Crippen molar-refractivity contribution in [3.8, 4) is 0 Å². The number of carbonyl (C=O) groups excluding carboxylic acids is 2. The van der Waals surface area contributed by atoms with Crippen LogP contribution in [0.15, 0.2) is 30.5 Å². The lowest BCUT2D eigenvalue weighted by atomic mass is 9.85. The minimum atomic E-state index is -1.15. The lowest BCUT2D eigenvalue weighted by Crippen LogP contribution is -2.55. The van der Waals surface area contributed by atoms with Gasteiger partial charge >= 0.3 is 0 Å². The second-order valence-electron chi connectivity index (χ2n) is 7.26. The molecule has 2 amide bonds. The molecule has 28 heavy (non-hydrogen) atoms. The topological polar surface area (TPSA) is 88.1 Å². The zero-order valence-corrected chi connectivity index (χ0v) is 17.0. The lowest BCUT2D eigenvalue weighted by Gasteiger charge is -2.33. The Bertz CT molecular complexity index is 858. The van der Waals surface area contributed by atoms with Crippen LogP contribution in [0, 0.1) is 0 Å². The van der Waals surface area contributed by atoms with Gasteiger partial charge in [0.25, 0.3) is 5.91 Å². The Morgan fingerprint density at radius 3 is 2.61 bits per heavy atom. The fourth-order valence-electron chi connectivity index (χ4n) is 3.77. The molecule has 1 aromatic heterocycles. The minimum absolute atomic E-state index is 0.231. The molecule has 0 saturated heterocycles. The molecule has 1 aromatic carbocycles. The predicted molar refractivity (Wildman–Crippen MR) is 109 cm³/mol. The molecule has 2 aromatic rings. The van der Waals surface area contributed by atoms with Gasteiger partial charge in [-0.2, -0.15) is 5.10 Å². The zero-order valence-electron chi connectivity index (χ0n) is 17.0.